The highest BCUT2D eigenvalue weighted by Gasteiger charge is 2.23. The van der Waals surface area contributed by atoms with Crippen LogP contribution in [0.4, 0.5) is 0 Å². The van der Waals surface area contributed by atoms with Gasteiger partial charge in [0.15, 0.2) is 0 Å². The Bertz CT molecular complexity index is 578. The zero-order valence-corrected chi connectivity index (χ0v) is 14.6. The van der Waals surface area contributed by atoms with Crippen LogP contribution in [0, 0.1) is 6.92 Å². The average molecular weight is 302 g/mol. The summed E-state index contributed by atoms with van der Waals surface area (Å²) < 4.78 is 13.1. The molecule has 0 spiro atoms. The minimum Gasteiger partial charge on any atom is -0.467 e. The maximum atomic E-state index is 12.2. The lowest BCUT2D eigenvalue weighted by Gasteiger charge is -2.23. The van der Waals surface area contributed by atoms with Crippen molar-refractivity contribution in [1.82, 2.24) is 9.46 Å². The third-order valence-corrected chi connectivity index (χ3v) is 3.41. The van der Waals surface area contributed by atoms with Gasteiger partial charge < -0.3 is 9.05 Å². The number of hydrogen-bond donors (Lipinski definition) is 0. The molecule has 0 aliphatic heterocycles. The Morgan fingerprint density at radius 1 is 0.947 bits per heavy atom. The molecule has 0 fully saturated rings. The van der Waals surface area contributed by atoms with Crippen LogP contribution in [-0.2, 0) is 0 Å². The van der Waals surface area contributed by atoms with Crippen molar-refractivity contribution in [3.8, 4) is 0 Å². The van der Waals surface area contributed by atoms with Gasteiger partial charge in [0.05, 0.1) is 6.20 Å². The highest BCUT2D eigenvalue weighted by atomic mass is 28.4. The van der Waals surface area contributed by atoms with Crippen molar-refractivity contribution in [2.24, 2.45) is 0 Å². The van der Waals surface area contributed by atoms with E-state index in [1.807, 2.05) is 39.3 Å². The molecule has 0 unspecified atom stereocenters. The Morgan fingerprint density at radius 3 is 1.84 bits per heavy atom. The lowest BCUT2D eigenvalue weighted by atomic mass is 10.4. The van der Waals surface area contributed by atoms with Crippen LogP contribution in [0.3, 0.4) is 0 Å². The minimum atomic E-state index is -2.06. The van der Waals surface area contributed by atoms with Crippen LogP contribution in [0.2, 0.25) is 39.3 Å². The number of nitrogens with zero attached hydrogens (tertiary/aromatic N) is 2. The molecular formula is C11H22N2O4Si2. The van der Waals surface area contributed by atoms with E-state index in [0.29, 0.717) is 5.56 Å². The van der Waals surface area contributed by atoms with Crippen molar-refractivity contribution in [2.45, 2.75) is 46.2 Å². The topological polar surface area (TPSA) is 62.5 Å². The van der Waals surface area contributed by atoms with E-state index in [-0.39, 0.29) is 0 Å². The van der Waals surface area contributed by atoms with Crippen LogP contribution in [0.25, 0.3) is 0 Å². The molecular weight excluding hydrogens is 280 g/mol. The summed E-state index contributed by atoms with van der Waals surface area (Å²) in [5.41, 5.74) is -0.598. The Balaban J connectivity index is 3.40. The van der Waals surface area contributed by atoms with Gasteiger partial charge in [-0.2, -0.15) is 4.73 Å². The van der Waals surface area contributed by atoms with E-state index in [1.165, 1.54) is 6.20 Å². The second kappa shape index (κ2) is 5.01. The second-order valence-electron chi connectivity index (χ2n) is 6.43. The first-order valence-electron chi connectivity index (χ1n) is 6.15. The molecule has 8 heteroatoms. The fourth-order valence-corrected chi connectivity index (χ4v) is 2.77. The van der Waals surface area contributed by atoms with Gasteiger partial charge in [0, 0.05) is 5.56 Å². The fourth-order valence-electron chi connectivity index (χ4n) is 1.34. The molecule has 0 N–H and O–H groups in total. The lowest BCUT2D eigenvalue weighted by Crippen LogP contribution is -2.54. The lowest BCUT2D eigenvalue weighted by molar-refractivity contribution is 0.176. The number of rotatable bonds is 4. The first-order valence-corrected chi connectivity index (χ1v) is 13.0. The Hall–Kier alpha value is -1.29. The van der Waals surface area contributed by atoms with E-state index in [4.69, 9.17) is 9.05 Å². The molecule has 0 amide bonds. The van der Waals surface area contributed by atoms with Crippen LogP contribution < -0.4 is 20.3 Å². The van der Waals surface area contributed by atoms with E-state index in [9.17, 15) is 9.59 Å². The van der Waals surface area contributed by atoms with Gasteiger partial charge in [-0.25, -0.2) is 4.79 Å². The zero-order chi connectivity index (χ0) is 15.0. The summed E-state index contributed by atoms with van der Waals surface area (Å²) >= 11 is 0. The largest absolute Gasteiger partial charge is 0.467 e. The molecule has 0 saturated carbocycles. The average Bonchev–Trinajstić information content (AvgIpc) is 2.17. The molecule has 108 valence electrons. The molecule has 1 aromatic rings. The van der Waals surface area contributed by atoms with Crippen molar-refractivity contribution in [3.63, 3.8) is 0 Å². The molecule has 0 bridgehead atoms. The van der Waals surface area contributed by atoms with E-state index in [2.05, 4.69) is 0 Å². The van der Waals surface area contributed by atoms with E-state index >= 15 is 0 Å². The van der Waals surface area contributed by atoms with Gasteiger partial charge in [-0.05, 0) is 46.2 Å². The van der Waals surface area contributed by atoms with Gasteiger partial charge in [0.2, 0.25) is 0 Å². The maximum Gasteiger partial charge on any atom is 0.394 e. The highest BCUT2D eigenvalue weighted by Crippen LogP contribution is 1.99. The normalized spacial score (nSPS) is 12.4. The van der Waals surface area contributed by atoms with Crippen molar-refractivity contribution in [2.75, 3.05) is 0 Å². The van der Waals surface area contributed by atoms with Gasteiger partial charge in [-0.15, -0.1) is 4.73 Å². The Labute approximate surface area is 114 Å². The van der Waals surface area contributed by atoms with Crippen molar-refractivity contribution >= 4 is 16.6 Å². The van der Waals surface area contributed by atoms with Crippen LogP contribution in [0.1, 0.15) is 5.56 Å². The second-order valence-corrected chi connectivity index (χ2v) is 15.2. The highest BCUT2D eigenvalue weighted by molar-refractivity contribution is 6.70. The molecule has 19 heavy (non-hydrogen) atoms. The summed E-state index contributed by atoms with van der Waals surface area (Å²) in [4.78, 5) is 24.2. The van der Waals surface area contributed by atoms with Crippen LogP contribution in [0.15, 0.2) is 15.8 Å². The quantitative estimate of drug-likeness (QED) is 0.774. The third kappa shape index (κ3) is 4.39. The van der Waals surface area contributed by atoms with Crippen LogP contribution >= 0.6 is 0 Å². The van der Waals surface area contributed by atoms with Crippen LogP contribution in [0.5, 0.6) is 0 Å². The summed E-state index contributed by atoms with van der Waals surface area (Å²) in [5.74, 6) is 0. The number of hydrogen-bond acceptors (Lipinski definition) is 4. The molecule has 6 nitrogen and oxygen atoms in total. The molecule has 0 aliphatic rings. The molecule has 0 aliphatic carbocycles. The molecule has 1 aromatic heterocycles. The van der Waals surface area contributed by atoms with Gasteiger partial charge in [-0.3, -0.25) is 4.79 Å². The smallest absolute Gasteiger partial charge is 0.394 e. The summed E-state index contributed by atoms with van der Waals surface area (Å²) in [6.07, 6.45) is 1.42. The molecule has 1 rings (SSSR count). The maximum absolute atomic E-state index is 12.2. The minimum absolute atomic E-state index is 0.413. The van der Waals surface area contributed by atoms with Gasteiger partial charge >= 0.3 is 5.69 Å². The molecule has 1 heterocycles. The van der Waals surface area contributed by atoms with Crippen LogP contribution in [-0.4, -0.2) is 26.1 Å². The van der Waals surface area contributed by atoms with E-state index in [1.54, 1.807) is 6.92 Å². The monoisotopic (exact) mass is 302 g/mol. The molecule has 0 atom stereocenters. The van der Waals surface area contributed by atoms with Gasteiger partial charge in [0.25, 0.3) is 22.2 Å². The molecule has 0 radical (unpaired) electrons. The van der Waals surface area contributed by atoms with E-state index < -0.39 is 27.9 Å². The number of aryl methyl sites for hydroxylation is 1. The zero-order valence-electron chi connectivity index (χ0n) is 12.6. The standard InChI is InChI=1S/C11H22N2O4Si2/c1-9-8-12(16-18(2,3)4)11(15)13(10(9)14)17-19(5,6)7/h8H,1-7H3. The van der Waals surface area contributed by atoms with Gasteiger partial charge in [0.1, 0.15) is 0 Å². The predicted octanol–water partition coefficient (Wildman–Crippen LogP) is 0.845. The molecule has 0 saturated heterocycles. The van der Waals surface area contributed by atoms with Crippen molar-refractivity contribution in [1.29, 1.82) is 0 Å². The third-order valence-electron chi connectivity index (χ3n) is 1.93. The molecule has 0 aromatic carbocycles. The summed E-state index contributed by atoms with van der Waals surface area (Å²) in [6.45, 7) is 13.2. The summed E-state index contributed by atoms with van der Waals surface area (Å²) in [5, 5.41) is 0. The predicted molar refractivity (Wildman–Crippen MR) is 79.6 cm³/mol. The summed E-state index contributed by atoms with van der Waals surface area (Å²) in [7, 11) is -4.01. The van der Waals surface area contributed by atoms with Crippen molar-refractivity contribution < 1.29 is 9.05 Å². The van der Waals surface area contributed by atoms with E-state index in [0.717, 1.165) is 9.46 Å². The van der Waals surface area contributed by atoms with Gasteiger partial charge in [-0.1, -0.05) is 0 Å². The summed E-state index contributed by atoms with van der Waals surface area (Å²) in [6, 6.07) is 0. The first-order chi connectivity index (χ1) is 8.41. The number of aromatic nitrogens is 2. The first kappa shape index (κ1) is 15.8. The van der Waals surface area contributed by atoms with Crippen molar-refractivity contribution in [3.05, 3.63) is 32.6 Å². The fraction of sp³-hybridized carbons (Fsp3) is 0.636. The Morgan fingerprint density at radius 2 is 1.42 bits per heavy atom. The SMILES string of the molecule is Cc1cn(O[Si](C)(C)C)c(=O)n(O[Si](C)(C)C)c1=O. The Kier molecular flexibility index (Phi) is 4.15.